The number of fused-ring (bicyclic) bond motifs is 1. The Hall–Kier alpha value is -4.21. The van der Waals surface area contributed by atoms with Gasteiger partial charge in [-0.05, 0) is 48.5 Å². The number of anilines is 2. The van der Waals surface area contributed by atoms with Gasteiger partial charge < -0.3 is 25.4 Å². The smallest absolute Gasteiger partial charge is 0.504 e. The molecular weight excluding hydrogens is 415 g/mol. The van der Waals surface area contributed by atoms with Crippen molar-refractivity contribution in [2.24, 2.45) is 0 Å². The van der Waals surface area contributed by atoms with Crippen LogP contribution in [0.25, 0.3) is 22.3 Å². The molecule has 7 nitrogen and oxygen atoms in total. The highest BCUT2D eigenvalue weighted by Crippen LogP contribution is 2.39. The fourth-order valence-corrected chi connectivity index (χ4v) is 2.91. The van der Waals surface area contributed by atoms with Crippen molar-refractivity contribution in [3.05, 3.63) is 60.7 Å². The van der Waals surface area contributed by atoms with Crippen LogP contribution in [0.3, 0.4) is 0 Å². The van der Waals surface area contributed by atoms with E-state index in [0.717, 1.165) is 12.1 Å². The van der Waals surface area contributed by atoms with Crippen molar-refractivity contribution < 1.29 is 33.2 Å². The molecule has 1 heterocycles. The lowest BCUT2D eigenvalue weighted by Gasteiger charge is -2.13. The molecule has 0 saturated carbocycles. The number of halogens is 3. The van der Waals surface area contributed by atoms with Crippen molar-refractivity contribution in [2.75, 3.05) is 5.32 Å². The summed E-state index contributed by atoms with van der Waals surface area (Å²) in [5, 5.41) is 32.8. The maximum absolute atomic E-state index is 12.3. The average Bonchev–Trinajstić information content (AvgIpc) is 2.72. The summed E-state index contributed by atoms with van der Waals surface area (Å²) in [5.41, 5.74) is 1.23. The van der Waals surface area contributed by atoms with Crippen LogP contribution < -0.4 is 10.1 Å². The number of hydrogen-bond acceptors (Lipinski definition) is 7. The second-order valence-electron chi connectivity index (χ2n) is 6.47. The van der Waals surface area contributed by atoms with Crippen molar-refractivity contribution in [1.29, 1.82) is 0 Å². The molecule has 0 atom stereocenters. The lowest BCUT2D eigenvalue weighted by atomic mass is 10.1. The molecule has 1 aromatic heterocycles. The van der Waals surface area contributed by atoms with Gasteiger partial charge in [-0.25, -0.2) is 9.97 Å². The minimum absolute atomic E-state index is 0.142. The van der Waals surface area contributed by atoms with E-state index >= 15 is 0 Å². The van der Waals surface area contributed by atoms with Crippen molar-refractivity contribution in [1.82, 2.24) is 9.97 Å². The van der Waals surface area contributed by atoms with Crippen LogP contribution in [0.15, 0.2) is 60.7 Å². The van der Waals surface area contributed by atoms with Gasteiger partial charge in [0.25, 0.3) is 0 Å². The lowest BCUT2D eigenvalue weighted by molar-refractivity contribution is -0.274. The third-order valence-corrected chi connectivity index (χ3v) is 4.28. The molecular formula is C21H14F3N3O4. The highest BCUT2D eigenvalue weighted by molar-refractivity contribution is 5.92. The Morgan fingerprint density at radius 2 is 1.48 bits per heavy atom. The number of nitrogens with one attached hydrogen (secondary N) is 1. The van der Waals surface area contributed by atoms with Gasteiger partial charge in [-0.15, -0.1) is 13.2 Å². The van der Waals surface area contributed by atoms with E-state index in [9.17, 15) is 28.5 Å². The van der Waals surface area contributed by atoms with E-state index in [1.54, 1.807) is 24.3 Å². The lowest BCUT2D eigenvalue weighted by Crippen LogP contribution is -2.16. The molecule has 158 valence electrons. The zero-order chi connectivity index (χ0) is 22.2. The molecule has 31 heavy (non-hydrogen) atoms. The monoisotopic (exact) mass is 429 g/mol. The molecule has 10 heteroatoms. The number of phenolic OH excluding ortho intramolecular Hbond substituents is 3. The number of aromatic nitrogens is 2. The Morgan fingerprint density at radius 3 is 2.13 bits per heavy atom. The maximum Gasteiger partial charge on any atom is 0.573 e. The third-order valence-electron chi connectivity index (χ3n) is 4.28. The number of aromatic hydroxyl groups is 3. The predicted molar refractivity (Wildman–Crippen MR) is 106 cm³/mol. The molecule has 4 N–H and O–H groups in total. The molecule has 0 aliphatic heterocycles. The van der Waals surface area contributed by atoms with Crippen LogP contribution >= 0.6 is 0 Å². The number of alkyl halides is 3. The third kappa shape index (κ3) is 4.37. The van der Waals surface area contributed by atoms with Crippen LogP contribution in [0.1, 0.15) is 0 Å². The van der Waals surface area contributed by atoms with E-state index in [-0.39, 0.29) is 17.1 Å². The van der Waals surface area contributed by atoms with Gasteiger partial charge in [-0.3, -0.25) is 0 Å². The van der Waals surface area contributed by atoms with Gasteiger partial charge in [0.05, 0.1) is 5.52 Å². The molecule has 0 spiro atoms. The second kappa shape index (κ2) is 7.56. The summed E-state index contributed by atoms with van der Waals surface area (Å²) in [6.07, 6.45) is -4.78. The van der Waals surface area contributed by atoms with Gasteiger partial charge >= 0.3 is 6.36 Å². The molecule has 0 aliphatic carbocycles. The average molecular weight is 429 g/mol. The molecule has 0 fully saturated rings. The van der Waals surface area contributed by atoms with Gasteiger partial charge in [0.1, 0.15) is 11.6 Å². The Bertz CT molecular complexity index is 1240. The summed E-state index contributed by atoms with van der Waals surface area (Å²) in [7, 11) is 0. The van der Waals surface area contributed by atoms with E-state index in [1.165, 1.54) is 24.3 Å². The van der Waals surface area contributed by atoms with E-state index in [1.807, 2.05) is 0 Å². The first kappa shape index (κ1) is 20.1. The predicted octanol–water partition coefficient (Wildman–Crippen LogP) is 5.06. The normalized spacial score (nSPS) is 11.5. The molecule has 0 amide bonds. The van der Waals surface area contributed by atoms with Crippen molar-refractivity contribution in [3.8, 4) is 34.4 Å². The highest BCUT2D eigenvalue weighted by atomic mass is 19.4. The molecule has 3 aromatic carbocycles. The number of rotatable bonds is 4. The Balaban J connectivity index is 1.74. The summed E-state index contributed by atoms with van der Waals surface area (Å²) in [6.45, 7) is 0. The van der Waals surface area contributed by atoms with Gasteiger partial charge in [0.2, 0.25) is 0 Å². The fraction of sp³-hybridized carbons (Fsp3) is 0.0476. The first-order chi connectivity index (χ1) is 14.7. The zero-order valence-electron chi connectivity index (χ0n) is 15.6. The van der Waals surface area contributed by atoms with E-state index in [4.69, 9.17) is 0 Å². The summed E-state index contributed by atoms with van der Waals surface area (Å²) in [5.74, 6) is -1.62. The number of phenols is 3. The van der Waals surface area contributed by atoms with Crippen molar-refractivity contribution in [3.63, 3.8) is 0 Å². The molecule has 4 rings (SSSR count). The highest BCUT2D eigenvalue weighted by Gasteiger charge is 2.31. The topological polar surface area (TPSA) is 108 Å². The molecule has 0 saturated heterocycles. The number of para-hydroxylation sites is 1. The summed E-state index contributed by atoms with van der Waals surface area (Å²) in [4.78, 5) is 8.84. The Morgan fingerprint density at radius 1 is 0.839 bits per heavy atom. The second-order valence-corrected chi connectivity index (χ2v) is 6.47. The molecule has 0 radical (unpaired) electrons. The van der Waals surface area contributed by atoms with E-state index < -0.39 is 23.6 Å². The SMILES string of the molecule is Oc1cc(-c2nc(Nc3ccc(OC(F)(F)F)cc3)c3ccccc3n2)cc(O)c1O. The maximum atomic E-state index is 12.3. The number of benzene rings is 3. The van der Waals surface area contributed by atoms with Crippen LogP contribution in [0.5, 0.6) is 23.0 Å². The first-order valence-corrected chi connectivity index (χ1v) is 8.84. The summed E-state index contributed by atoms with van der Waals surface area (Å²) in [6, 6.07) is 14.5. The quantitative estimate of drug-likeness (QED) is 0.336. The summed E-state index contributed by atoms with van der Waals surface area (Å²) < 4.78 is 40.9. The van der Waals surface area contributed by atoms with Crippen LogP contribution in [-0.4, -0.2) is 31.6 Å². The number of ether oxygens (including phenoxy) is 1. The molecule has 0 aliphatic rings. The van der Waals surface area contributed by atoms with Crippen LogP contribution in [0.2, 0.25) is 0 Å². The fourth-order valence-electron chi connectivity index (χ4n) is 2.91. The first-order valence-electron chi connectivity index (χ1n) is 8.84. The number of hydrogen-bond donors (Lipinski definition) is 4. The van der Waals surface area contributed by atoms with Crippen LogP contribution in [-0.2, 0) is 0 Å². The van der Waals surface area contributed by atoms with Gasteiger partial charge in [-0.2, -0.15) is 0 Å². The van der Waals surface area contributed by atoms with E-state index in [2.05, 4.69) is 20.0 Å². The zero-order valence-corrected chi connectivity index (χ0v) is 15.6. The standard InChI is InChI=1S/C21H14F3N3O4/c22-21(23,24)31-13-7-5-12(6-8-13)25-20-14-3-1-2-4-15(14)26-19(27-20)11-9-16(28)18(30)17(29)10-11/h1-10,28-30H,(H,25,26,27). The molecule has 0 unspecified atom stereocenters. The Kier molecular flexibility index (Phi) is 4.90. The van der Waals surface area contributed by atoms with Crippen molar-refractivity contribution in [2.45, 2.75) is 6.36 Å². The molecule has 4 aromatic rings. The van der Waals surface area contributed by atoms with Gasteiger partial charge in [-0.1, -0.05) is 12.1 Å². The van der Waals surface area contributed by atoms with Gasteiger partial charge in [0.15, 0.2) is 23.1 Å². The van der Waals surface area contributed by atoms with Crippen LogP contribution in [0, 0.1) is 0 Å². The minimum atomic E-state index is -4.78. The van der Waals surface area contributed by atoms with E-state index in [0.29, 0.717) is 22.4 Å². The summed E-state index contributed by atoms with van der Waals surface area (Å²) >= 11 is 0. The van der Waals surface area contributed by atoms with Crippen molar-refractivity contribution >= 4 is 22.4 Å². The Labute approximate surface area is 173 Å². The minimum Gasteiger partial charge on any atom is -0.504 e. The van der Waals surface area contributed by atoms with Crippen LogP contribution in [0.4, 0.5) is 24.7 Å². The number of nitrogens with zero attached hydrogens (tertiary/aromatic N) is 2. The largest absolute Gasteiger partial charge is 0.573 e. The molecule has 0 bridgehead atoms. The van der Waals surface area contributed by atoms with Gasteiger partial charge in [0, 0.05) is 16.6 Å².